The van der Waals surface area contributed by atoms with Crippen LogP contribution in [0.2, 0.25) is 0 Å². The number of carbonyl (C=O) groups is 2. The van der Waals surface area contributed by atoms with Gasteiger partial charge in [0.05, 0.1) is 5.92 Å². The Bertz CT molecular complexity index is 984. The third kappa shape index (κ3) is 3.42. The molecule has 4 heteroatoms. The van der Waals surface area contributed by atoms with Gasteiger partial charge in [-0.05, 0) is 11.1 Å². The molecule has 0 fully saturated rings. The van der Waals surface area contributed by atoms with Gasteiger partial charge in [-0.25, -0.2) is 0 Å². The average molecular weight is 363 g/mol. The van der Waals surface area contributed by atoms with Crippen LogP contribution in [-0.2, 0) is 4.79 Å². The van der Waals surface area contributed by atoms with Crippen LogP contribution in [0.5, 0.6) is 0 Å². The summed E-state index contributed by atoms with van der Waals surface area (Å²) >= 11 is 0. The van der Waals surface area contributed by atoms with Gasteiger partial charge in [0.2, 0.25) is 5.78 Å². The SMILES string of the molecule is O=C1C(C(=O)C(c2ccccc2)c2ccccc2)=C(O)c2ccccc21.[Na]. The molecule has 27 heavy (non-hydrogen) atoms. The maximum absolute atomic E-state index is 13.4. The van der Waals surface area contributed by atoms with Gasteiger partial charge in [-0.3, -0.25) is 9.59 Å². The largest absolute Gasteiger partial charge is 0.506 e. The first-order valence-electron chi connectivity index (χ1n) is 8.40. The molecule has 127 valence electrons. The topological polar surface area (TPSA) is 54.4 Å². The number of carbonyl (C=O) groups excluding carboxylic acids is 2. The van der Waals surface area contributed by atoms with Gasteiger partial charge < -0.3 is 5.11 Å². The molecule has 0 aromatic heterocycles. The predicted molar refractivity (Wildman–Crippen MR) is 106 cm³/mol. The van der Waals surface area contributed by atoms with Crippen LogP contribution >= 0.6 is 0 Å². The van der Waals surface area contributed by atoms with Gasteiger partial charge in [-0.2, -0.15) is 0 Å². The Balaban J connectivity index is 0.00000210. The molecule has 1 aliphatic rings. The Morgan fingerprint density at radius 1 is 0.704 bits per heavy atom. The van der Waals surface area contributed by atoms with E-state index < -0.39 is 11.7 Å². The molecule has 0 unspecified atom stereocenters. The molecule has 3 nitrogen and oxygen atoms in total. The number of hydrogen-bond donors (Lipinski definition) is 1. The normalized spacial score (nSPS) is 12.7. The van der Waals surface area contributed by atoms with E-state index in [2.05, 4.69) is 0 Å². The van der Waals surface area contributed by atoms with Crippen molar-refractivity contribution in [2.24, 2.45) is 0 Å². The van der Waals surface area contributed by atoms with E-state index in [9.17, 15) is 14.7 Å². The molecule has 0 saturated carbocycles. The number of fused-ring (bicyclic) bond motifs is 1. The molecule has 3 aromatic carbocycles. The molecule has 0 bridgehead atoms. The van der Waals surface area contributed by atoms with Gasteiger partial charge >= 0.3 is 0 Å². The van der Waals surface area contributed by atoms with Crippen LogP contribution in [0.3, 0.4) is 0 Å². The summed E-state index contributed by atoms with van der Waals surface area (Å²) in [6.45, 7) is 0. The zero-order valence-electron chi connectivity index (χ0n) is 14.9. The zero-order valence-corrected chi connectivity index (χ0v) is 16.9. The molecule has 0 atom stereocenters. The van der Waals surface area contributed by atoms with E-state index in [1.54, 1.807) is 24.3 Å². The number of benzene rings is 3. The van der Waals surface area contributed by atoms with Crippen LogP contribution in [0, 0.1) is 0 Å². The van der Waals surface area contributed by atoms with Crippen LogP contribution in [0.1, 0.15) is 33.0 Å². The van der Waals surface area contributed by atoms with E-state index >= 15 is 0 Å². The maximum atomic E-state index is 13.4. The van der Waals surface area contributed by atoms with Gasteiger partial charge in [-0.15, -0.1) is 0 Å². The summed E-state index contributed by atoms with van der Waals surface area (Å²) in [6.07, 6.45) is 0. The summed E-state index contributed by atoms with van der Waals surface area (Å²) in [5.74, 6) is -1.68. The Hall–Kier alpha value is -2.46. The number of rotatable bonds is 4. The van der Waals surface area contributed by atoms with Gasteiger partial charge in [0.25, 0.3) is 0 Å². The van der Waals surface area contributed by atoms with Crippen LogP contribution < -0.4 is 0 Å². The smallest absolute Gasteiger partial charge is 0.201 e. The molecule has 1 radical (unpaired) electrons. The molecule has 0 heterocycles. The van der Waals surface area contributed by atoms with Crippen molar-refractivity contribution < 1.29 is 14.7 Å². The summed E-state index contributed by atoms with van der Waals surface area (Å²) in [6, 6.07) is 25.4. The standard InChI is InChI=1S/C23H16O3.Na/c24-21-17-13-7-8-14-18(17)22(25)20(21)23(26)19(15-9-3-1-4-10-15)16-11-5-2-6-12-16;/h1-14,19,24H;. The summed E-state index contributed by atoms with van der Waals surface area (Å²) in [7, 11) is 0. The Morgan fingerprint density at radius 3 is 1.63 bits per heavy atom. The zero-order chi connectivity index (χ0) is 18.1. The van der Waals surface area contributed by atoms with Crippen LogP contribution in [0.25, 0.3) is 5.76 Å². The fraction of sp³-hybridized carbons (Fsp3) is 0.0435. The Morgan fingerprint density at radius 2 is 1.15 bits per heavy atom. The van der Waals surface area contributed by atoms with Crippen LogP contribution in [0.15, 0.2) is 90.5 Å². The molecule has 4 rings (SSSR count). The third-order valence-corrected chi connectivity index (χ3v) is 4.67. The second kappa shape index (κ2) is 8.05. The number of Topliss-reactive ketones (excluding diaryl/α,β-unsaturated/α-hetero) is 2. The second-order valence-corrected chi connectivity index (χ2v) is 6.22. The molecule has 1 N–H and O–H groups in total. The van der Waals surface area contributed by atoms with Crippen molar-refractivity contribution in [1.29, 1.82) is 0 Å². The minimum atomic E-state index is -0.646. The van der Waals surface area contributed by atoms with Crippen molar-refractivity contribution in [2.75, 3.05) is 0 Å². The van der Waals surface area contributed by atoms with E-state index in [1.165, 1.54) is 0 Å². The summed E-state index contributed by atoms with van der Waals surface area (Å²) in [5, 5.41) is 10.6. The van der Waals surface area contributed by atoms with E-state index in [1.807, 2.05) is 60.7 Å². The molecule has 0 aliphatic heterocycles. The molecule has 0 saturated heterocycles. The number of aliphatic hydroxyl groups excluding tert-OH is 1. The van der Waals surface area contributed by atoms with Crippen molar-refractivity contribution in [3.05, 3.63) is 113 Å². The molecule has 0 amide bonds. The van der Waals surface area contributed by atoms with Crippen molar-refractivity contribution in [1.82, 2.24) is 0 Å². The fourth-order valence-electron chi connectivity index (χ4n) is 3.42. The number of ketones is 2. The molecular weight excluding hydrogens is 347 g/mol. The quantitative estimate of drug-likeness (QED) is 0.559. The van der Waals surface area contributed by atoms with Crippen LogP contribution in [0.4, 0.5) is 0 Å². The van der Waals surface area contributed by atoms with Crippen molar-refractivity contribution in [3.63, 3.8) is 0 Å². The van der Waals surface area contributed by atoms with Gasteiger partial charge in [0, 0.05) is 40.7 Å². The predicted octanol–water partition coefficient (Wildman–Crippen LogP) is 4.17. The third-order valence-electron chi connectivity index (χ3n) is 4.67. The van der Waals surface area contributed by atoms with E-state index in [-0.39, 0.29) is 46.7 Å². The van der Waals surface area contributed by atoms with Crippen molar-refractivity contribution in [2.45, 2.75) is 5.92 Å². The average Bonchev–Trinajstić information content (AvgIpc) is 2.95. The minimum absolute atomic E-state index is 0. The Labute approximate surface area is 179 Å². The van der Waals surface area contributed by atoms with Gasteiger partial charge in [0.15, 0.2) is 5.78 Å². The number of allylic oxidation sites excluding steroid dienone is 1. The van der Waals surface area contributed by atoms with E-state index in [4.69, 9.17) is 0 Å². The summed E-state index contributed by atoms with van der Waals surface area (Å²) in [4.78, 5) is 26.2. The maximum Gasteiger partial charge on any atom is 0.201 e. The van der Waals surface area contributed by atoms with Crippen molar-refractivity contribution >= 4 is 46.9 Å². The van der Waals surface area contributed by atoms with Crippen molar-refractivity contribution in [3.8, 4) is 0 Å². The van der Waals surface area contributed by atoms with Crippen LogP contribution in [-0.4, -0.2) is 46.2 Å². The number of hydrogen-bond acceptors (Lipinski definition) is 3. The summed E-state index contributed by atoms with van der Waals surface area (Å²) < 4.78 is 0. The monoisotopic (exact) mass is 363 g/mol. The Kier molecular flexibility index (Phi) is 5.76. The fourth-order valence-corrected chi connectivity index (χ4v) is 3.42. The first kappa shape index (κ1) is 19.3. The van der Waals surface area contributed by atoms with E-state index in [0.717, 1.165) is 11.1 Å². The molecule has 1 aliphatic carbocycles. The molecular formula is C23H16NaO3. The number of aliphatic hydroxyl groups is 1. The molecule has 3 aromatic rings. The first-order valence-corrected chi connectivity index (χ1v) is 8.40. The van der Waals surface area contributed by atoms with Gasteiger partial charge in [0.1, 0.15) is 11.3 Å². The first-order chi connectivity index (χ1) is 12.7. The van der Waals surface area contributed by atoms with Gasteiger partial charge in [-0.1, -0.05) is 84.9 Å². The minimum Gasteiger partial charge on any atom is -0.506 e. The van der Waals surface area contributed by atoms with E-state index in [0.29, 0.717) is 11.1 Å². The summed E-state index contributed by atoms with van der Waals surface area (Å²) in [5.41, 5.74) is 2.22. The molecule has 0 spiro atoms. The second-order valence-electron chi connectivity index (χ2n) is 6.22.